The Morgan fingerprint density at radius 3 is 2.72 bits per heavy atom. The lowest BCUT2D eigenvalue weighted by molar-refractivity contribution is -0.140. The molecule has 14 heteroatoms. The highest BCUT2D eigenvalue weighted by molar-refractivity contribution is 5.88. The highest BCUT2D eigenvalue weighted by Gasteiger charge is 2.35. The van der Waals surface area contributed by atoms with E-state index in [9.17, 15) is 17.6 Å². The van der Waals surface area contributed by atoms with E-state index >= 15 is 0 Å². The number of aromatic nitrogens is 6. The number of fused-ring (bicyclic) bond motifs is 2. The van der Waals surface area contributed by atoms with Gasteiger partial charge in [0.1, 0.15) is 23.7 Å². The number of ether oxygens (including phenoxy) is 1. The van der Waals surface area contributed by atoms with Crippen molar-refractivity contribution in [2.45, 2.75) is 37.4 Å². The summed E-state index contributed by atoms with van der Waals surface area (Å²) in [6.45, 7) is 1.15. The number of imidazole rings is 1. The Bertz CT molecular complexity index is 1410. The number of nitrogen functional groups attached to an aromatic ring is 1. The summed E-state index contributed by atoms with van der Waals surface area (Å²) < 4.78 is 61.3. The molecule has 6 rings (SSSR count). The van der Waals surface area contributed by atoms with Crippen LogP contribution in [-0.2, 0) is 11.3 Å². The minimum absolute atomic E-state index is 0.107. The van der Waals surface area contributed by atoms with Gasteiger partial charge < -0.3 is 20.4 Å². The first-order valence-corrected chi connectivity index (χ1v) is 11.5. The predicted molar refractivity (Wildman–Crippen MR) is 123 cm³/mol. The number of nitrogens with two attached hydrogens (primary N) is 1. The Balaban J connectivity index is 1.26. The van der Waals surface area contributed by atoms with E-state index in [2.05, 4.69) is 30.3 Å². The van der Waals surface area contributed by atoms with Gasteiger partial charge in [-0.05, 0) is 24.6 Å². The molecule has 4 aromatic rings. The van der Waals surface area contributed by atoms with Gasteiger partial charge in [0, 0.05) is 24.8 Å². The Morgan fingerprint density at radius 2 is 2.00 bits per heavy atom. The quantitative estimate of drug-likeness (QED) is 0.398. The van der Waals surface area contributed by atoms with Crippen LogP contribution in [0.2, 0.25) is 0 Å². The molecule has 0 amide bonds. The summed E-state index contributed by atoms with van der Waals surface area (Å²) in [4.78, 5) is 14.8. The summed E-state index contributed by atoms with van der Waals surface area (Å²) in [5.74, 6) is 0.333. The van der Waals surface area contributed by atoms with Crippen LogP contribution in [0.4, 0.5) is 29.3 Å². The lowest BCUT2D eigenvalue weighted by Crippen LogP contribution is -2.57. The van der Waals surface area contributed by atoms with E-state index < -0.39 is 24.9 Å². The zero-order valence-corrected chi connectivity index (χ0v) is 19.0. The molecular formula is C22H23F4N9O. The molecule has 10 nitrogen and oxygen atoms in total. The Labute approximate surface area is 202 Å². The normalized spacial score (nSPS) is 21.8. The van der Waals surface area contributed by atoms with Crippen LogP contribution in [-0.4, -0.2) is 84.8 Å². The van der Waals surface area contributed by atoms with Gasteiger partial charge in [-0.1, -0.05) is 0 Å². The van der Waals surface area contributed by atoms with Crippen LogP contribution in [0.3, 0.4) is 0 Å². The second-order valence-corrected chi connectivity index (χ2v) is 9.11. The second kappa shape index (κ2) is 8.55. The summed E-state index contributed by atoms with van der Waals surface area (Å²) in [5.41, 5.74) is 8.11. The number of hydrogen-bond donors (Lipinski definition) is 2. The Hall–Kier alpha value is -3.52. The van der Waals surface area contributed by atoms with Gasteiger partial charge in [0.25, 0.3) is 0 Å². The smallest absolute Gasteiger partial charge is 0.382 e. The predicted octanol–water partition coefficient (Wildman–Crippen LogP) is 2.51. The van der Waals surface area contributed by atoms with Crippen molar-refractivity contribution in [2.24, 2.45) is 0 Å². The summed E-state index contributed by atoms with van der Waals surface area (Å²) in [6.07, 6.45) is -2.15. The van der Waals surface area contributed by atoms with Gasteiger partial charge >= 0.3 is 6.18 Å². The number of piperidine rings is 1. The molecule has 190 valence electrons. The zero-order valence-electron chi connectivity index (χ0n) is 19.0. The van der Waals surface area contributed by atoms with Crippen LogP contribution < -0.4 is 11.1 Å². The van der Waals surface area contributed by atoms with Crippen molar-refractivity contribution in [3.05, 3.63) is 30.7 Å². The number of rotatable bonds is 5. The third-order valence-corrected chi connectivity index (χ3v) is 6.65. The molecule has 2 saturated heterocycles. The average molecular weight is 505 g/mol. The first-order chi connectivity index (χ1) is 17.2. The monoisotopic (exact) mass is 505 g/mol. The molecule has 0 aliphatic carbocycles. The topological polar surface area (TPSA) is 111 Å². The van der Waals surface area contributed by atoms with Crippen LogP contribution in [0.5, 0.6) is 0 Å². The number of nitrogens with one attached hydrogen (secondary N) is 1. The molecule has 2 aliphatic rings. The van der Waals surface area contributed by atoms with Crippen LogP contribution in [0.15, 0.2) is 30.7 Å². The highest BCUT2D eigenvalue weighted by Crippen LogP contribution is 2.30. The number of nitrogens with zero attached hydrogens (tertiary/aromatic N) is 7. The number of hydrogen-bond acceptors (Lipinski definition) is 8. The van der Waals surface area contributed by atoms with Crippen molar-refractivity contribution in [2.75, 3.05) is 37.4 Å². The molecule has 0 saturated carbocycles. The maximum atomic E-state index is 14.9. The molecule has 0 radical (unpaired) electrons. The molecule has 2 atom stereocenters. The molecule has 2 fully saturated rings. The van der Waals surface area contributed by atoms with Gasteiger partial charge in [0.2, 0.25) is 5.95 Å². The second-order valence-electron chi connectivity index (χ2n) is 9.11. The maximum absolute atomic E-state index is 14.9. The molecule has 6 heterocycles. The van der Waals surface area contributed by atoms with Gasteiger partial charge in [-0.2, -0.15) is 18.2 Å². The van der Waals surface area contributed by atoms with E-state index in [4.69, 9.17) is 10.5 Å². The number of pyridine rings is 1. The van der Waals surface area contributed by atoms with Gasteiger partial charge in [-0.15, -0.1) is 5.10 Å². The molecule has 4 aromatic heterocycles. The molecule has 2 aliphatic heterocycles. The van der Waals surface area contributed by atoms with Gasteiger partial charge in [0.05, 0.1) is 37.3 Å². The third kappa shape index (κ3) is 4.19. The number of halogens is 4. The largest absolute Gasteiger partial charge is 0.406 e. The lowest BCUT2D eigenvalue weighted by Gasteiger charge is -2.42. The fourth-order valence-corrected chi connectivity index (χ4v) is 4.74. The molecule has 3 N–H and O–H groups in total. The van der Waals surface area contributed by atoms with Crippen LogP contribution in [0.25, 0.3) is 27.9 Å². The SMILES string of the molecule is Nc1nc(N[C@@H]2CCN(C3COC3)C[C@@H]2F)nn2ccc(-c3ccc4ncn(CC(F)(F)F)c4n3)c12. The highest BCUT2D eigenvalue weighted by atomic mass is 19.4. The molecule has 0 aromatic carbocycles. The molecule has 0 spiro atoms. The minimum atomic E-state index is -4.41. The van der Waals surface area contributed by atoms with E-state index in [1.165, 1.54) is 4.52 Å². The summed E-state index contributed by atoms with van der Waals surface area (Å²) in [5, 5.41) is 7.50. The van der Waals surface area contributed by atoms with E-state index in [1.807, 2.05) is 0 Å². The summed E-state index contributed by atoms with van der Waals surface area (Å²) in [7, 11) is 0. The maximum Gasteiger partial charge on any atom is 0.406 e. The van der Waals surface area contributed by atoms with Gasteiger partial charge in [-0.3, -0.25) is 4.90 Å². The van der Waals surface area contributed by atoms with Crippen molar-refractivity contribution in [3.8, 4) is 11.3 Å². The van der Waals surface area contributed by atoms with Gasteiger partial charge in [-0.25, -0.2) is 18.9 Å². The lowest BCUT2D eigenvalue weighted by atomic mass is 10.0. The first kappa shape index (κ1) is 22.9. The Kier molecular flexibility index (Phi) is 5.44. The fraction of sp³-hybridized carbons (Fsp3) is 0.455. The summed E-state index contributed by atoms with van der Waals surface area (Å²) >= 11 is 0. The van der Waals surface area contributed by atoms with Crippen molar-refractivity contribution in [1.29, 1.82) is 0 Å². The third-order valence-electron chi connectivity index (χ3n) is 6.65. The molecule has 0 unspecified atom stereocenters. The summed E-state index contributed by atoms with van der Waals surface area (Å²) in [6, 6.07) is 4.80. The number of anilines is 2. The van der Waals surface area contributed by atoms with Crippen molar-refractivity contribution < 1.29 is 22.3 Å². The number of likely N-dealkylation sites (tertiary alicyclic amines) is 1. The molecule has 0 bridgehead atoms. The van der Waals surface area contributed by atoms with Crippen LogP contribution in [0.1, 0.15) is 6.42 Å². The van der Waals surface area contributed by atoms with Crippen LogP contribution >= 0.6 is 0 Å². The first-order valence-electron chi connectivity index (χ1n) is 11.5. The minimum Gasteiger partial charge on any atom is -0.382 e. The van der Waals surface area contributed by atoms with Crippen molar-refractivity contribution in [1.82, 2.24) is 34.0 Å². The van der Waals surface area contributed by atoms with Gasteiger partial charge in [0.15, 0.2) is 11.5 Å². The zero-order chi connectivity index (χ0) is 25.0. The van der Waals surface area contributed by atoms with E-state index in [0.29, 0.717) is 48.5 Å². The molecule has 36 heavy (non-hydrogen) atoms. The van der Waals surface area contributed by atoms with Crippen LogP contribution in [0, 0.1) is 0 Å². The van der Waals surface area contributed by atoms with Crippen molar-refractivity contribution in [3.63, 3.8) is 0 Å². The Morgan fingerprint density at radius 1 is 1.17 bits per heavy atom. The standard InChI is InChI=1S/C22H23F4N9O/c23-14-7-33(12-8-36-9-12)5-4-16(14)30-21-31-19(27)18-13(3-6-35(18)32-21)15-1-2-17-20(29-15)34(11-28-17)10-22(24,25)26/h1-3,6,11-12,14,16H,4-5,7-10H2,(H3,27,30,31,32)/t14-,16+/m0/s1. The van der Waals surface area contributed by atoms with Crippen molar-refractivity contribution >= 4 is 28.4 Å². The fourth-order valence-electron chi connectivity index (χ4n) is 4.74. The number of alkyl halides is 4. The van der Waals surface area contributed by atoms with E-state index in [1.54, 1.807) is 24.4 Å². The van der Waals surface area contributed by atoms with E-state index in [0.717, 1.165) is 17.4 Å². The average Bonchev–Trinajstić information content (AvgIpc) is 3.38. The van der Waals surface area contributed by atoms with E-state index in [-0.39, 0.29) is 23.5 Å². The molecular weight excluding hydrogens is 482 g/mol.